The summed E-state index contributed by atoms with van der Waals surface area (Å²) in [6, 6.07) is 8.50. The van der Waals surface area contributed by atoms with Gasteiger partial charge in [0, 0.05) is 5.92 Å². The van der Waals surface area contributed by atoms with Crippen molar-refractivity contribution in [3.8, 4) is 0 Å². The second-order valence-corrected chi connectivity index (χ2v) is 11.6. The van der Waals surface area contributed by atoms with Gasteiger partial charge in [-0.15, -0.1) is 0 Å². The van der Waals surface area contributed by atoms with Crippen LogP contribution in [0.4, 0.5) is 0 Å². The molecule has 2 N–H and O–H groups in total. The van der Waals surface area contributed by atoms with Gasteiger partial charge in [0.1, 0.15) is 0 Å². The van der Waals surface area contributed by atoms with Crippen molar-refractivity contribution in [2.75, 3.05) is 0 Å². The molecule has 3 saturated carbocycles. The van der Waals surface area contributed by atoms with E-state index in [0.717, 1.165) is 48.8 Å². The molecule has 0 radical (unpaired) electrons. The first-order valence-electron chi connectivity index (χ1n) is 12.7. The first-order valence-corrected chi connectivity index (χ1v) is 12.7. The van der Waals surface area contributed by atoms with Gasteiger partial charge in [-0.1, -0.05) is 66.6 Å². The lowest BCUT2D eigenvalue weighted by Crippen LogP contribution is -2.51. The fourth-order valence-electron chi connectivity index (χ4n) is 8.21. The van der Waals surface area contributed by atoms with Gasteiger partial charge in [-0.25, -0.2) is 0 Å². The van der Waals surface area contributed by atoms with Gasteiger partial charge in [0.25, 0.3) is 0 Å². The second-order valence-electron chi connectivity index (χ2n) is 11.6. The van der Waals surface area contributed by atoms with E-state index in [4.69, 9.17) is 0 Å². The van der Waals surface area contributed by atoms with Crippen molar-refractivity contribution < 1.29 is 10.3 Å². The number of aliphatic hydroxyl groups is 1. The van der Waals surface area contributed by atoms with Crippen LogP contribution in [0.25, 0.3) is 6.08 Å². The topological polar surface area (TPSA) is 52.8 Å². The molecule has 0 heterocycles. The van der Waals surface area contributed by atoms with Crippen LogP contribution < -0.4 is 0 Å². The number of fused-ring (bicyclic) bond motifs is 5. The molecule has 32 heavy (non-hydrogen) atoms. The fraction of sp³-hybridized carbons (Fsp3) is 0.621. The second kappa shape index (κ2) is 8.17. The standard InChI is InChI=1S/C29H39NO2/c1-19-4-6-20(7-5-19)8-13-27(30-32)26-12-11-24-23-10-9-21-18-22(31)14-16-28(21,2)25(23)15-17-29(24,26)3/h4-9,13,22-26,31-32H,10-12,14-18H2,1-3H3/b13-8+,30-27-/t22?,23-,24-,25-,26+,28-,29-/m0/s1. The Labute approximate surface area is 193 Å². The number of allylic oxidation sites excluding steroid dienone is 2. The predicted octanol–water partition coefficient (Wildman–Crippen LogP) is 6.78. The van der Waals surface area contributed by atoms with E-state index >= 15 is 0 Å². The summed E-state index contributed by atoms with van der Waals surface area (Å²) in [5.41, 5.74) is 5.28. The van der Waals surface area contributed by atoms with Crippen molar-refractivity contribution in [2.24, 2.45) is 39.7 Å². The van der Waals surface area contributed by atoms with E-state index in [2.05, 4.69) is 68.4 Å². The highest BCUT2D eigenvalue weighted by Gasteiger charge is 2.59. The highest BCUT2D eigenvalue weighted by molar-refractivity contribution is 6.00. The number of aliphatic hydroxyl groups excluding tert-OH is 1. The van der Waals surface area contributed by atoms with E-state index in [0.29, 0.717) is 11.8 Å². The van der Waals surface area contributed by atoms with Gasteiger partial charge in [-0.2, -0.15) is 0 Å². The molecule has 0 aromatic heterocycles. The summed E-state index contributed by atoms with van der Waals surface area (Å²) in [7, 11) is 0. The third-order valence-corrected chi connectivity index (χ3v) is 10.1. The van der Waals surface area contributed by atoms with Gasteiger partial charge in [0.2, 0.25) is 0 Å². The molecule has 1 aromatic carbocycles. The summed E-state index contributed by atoms with van der Waals surface area (Å²) in [6.07, 6.45) is 15.5. The number of aryl methyl sites for hydroxylation is 1. The van der Waals surface area contributed by atoms with Gasteiger partial charge < -0.3 is 10.3 Å². The van der Waals surface area contributed by atoms with E-state index in [-0.39, 0.29) is 16.9 Å². The first-order chi connectivity index (χ1) is 15.3. The molecule has 4 aliphatic rings. The van der Waals surface area contributed by atoms with Gasteiger partial charge in [0.15, 0.2) is 0 Å². The summed E-state index contributed by atoms with van der Waals surface area (Å²) in [4.78, 5) is 0. The molecule has 7 atom stereocenters. The molecule has 1 unspecified atom stereocenters. The highest BCUT2D eigenvalue weighted by atomic mass is 16.4. The van der Waals surface area contributed by atoms with E-state index in [1.807, 2.05) is 0 Å². The van der Waals surface area contributed by atoms with E-state index in [1.165, 1.54) is 36.8 Å². The van der Waals surface area contributed by atoms with Crippen molar-refractivity contribution in [2.45, 2.75) is 78.2 Å². The zero-order chi connectivity index (χ0) is 22.5. The average molecular weight is 434 g/mol. The van der Waals surface area contributed by atoms with E-state index in [1.54, 1.807) is 0 Å². The van der Waals surface area contributed by atoms with Crippen LogP contribution in [0.15, 0.2) is 47.1 Å². The zero-order valence-electron chi connectivity index (χ0n) is 19.9. The van der Waals surface area contributed by atoms with Gasteiger partial charge in [0.05, 0.1) is 11.8 Å². The lowest BCUT2D eigenvalue weighted by molar-refractivity contribution is -0.0424. The van der Waals surface area contributed by atoms with Crippen molar-refractivity contribution >= 4 is 11.8 Å². The first kappa shape index (κ1) is 21.9. The minimum absolute atomic E-state index is 0.140. The van der Waals surface area contributed by atoms with Crippen molar-refractivity contribution in [3.05, 3.63) is 53.1 Å². The molecule has 3 fully saturated rings. The van der Waals surface area contributed by atoms with Crippen LogP contribution in [-0.4, -0.2) is 22.1 Å². The molecule has 172 valence electrons. The summed E-state index contributed by atoms with van der Waals surface area (Å²) in [5, 5.41) is 24.0. The number of rotatable bonds is 3. The number of benzene rings is 1. The van der Waals surface area contributed by atoms with Crippen molar-refractivity contribution in [1.82, 2.24) is 0 Å². The summed E-state index contributed by atoms with van der Waals surface area (Å²) >= 11 is 0. The minimum Gasteiger partial charge on any atom is -0.411 e. The SMILES string of the molecule is Cc1ccc(/C=C/C(=N/O)[C@H]2CC[C@H]3[C@@H]4CC=C5CC(O)CC[C@]5(C)[C@H]4CC[C@]23C)cc1. The molecule has 4 aliphatic carbocycles. The fourth-order valence-corrected chi connectivity index (χ4v) is 8.21. The molecule has 3 heteroatoms. The van der Waals surface area contributed by atoms with Gasteiger partial charge in [-0.3, -0.25) is 0 Å². The molecular formula is C29H39NO2. The number of hydrogen-bond donors (Lipinski definition) is 2. The number of hydrogen-bond acceptors (Lipinski definition) is 3. The molecular weight excluding hydrogens is 394 g/mol. The van der Waals surface area contributed by atoms with Crippen LogP contribution in [0.1, 0.15) is 76.3 Å². The lowest BCUT2D eigenvalue weighted by Gasteiger charge is -2.58. The van der Waals surface area contributed by atoms with Crippen LogP contribution in [0.5, 0.6) is 0 Å². The Morgan fingerprint density at radius 1 is 1.03 bits per heavy atom. The van der Waals surface area contributed by atoms with Gasteiger partial charge >= 0.3 is 0 Å². The third kappa shape index (κ3) is 3.48. The van der Waals surface area contributed by atoms with Crippen LogP contribution in [0.2, 0.25) is 0 Å². The highest BCUT2D eigenvalue weighted by Crippen LogP contribution is 2.66. The molecule has 0 saturated heterocycles. The van der Waals surface area contributed by atoms with Crippen molar-refractivity contribution in [1.29, 1.82) is 0 Å². The molecule has 5 rings (SSSR count). The van der Waals surface area contributed by atoms with Crippen LogP contribution >= 0.6 is 0 Å². The molecule has 1 aromatic rings. The normalized spacial score (nSPS) is 41.7. The maximum Gasteiger partial charge on any atom is 0.0832 e. The Morgan fingerprint density at radius 2 is 1.81 bits per heavy atom. The molecule has 0 spiro atoms. The largest absolute Gasteiger partial charge is 0.411 e. The third-order valence-electron chi connectivity index (χ3n) is 10.1. The Kier molecular flexibility index (Phi) is 5.60. The Bertz CT molecular complexity index is 944. The summed E-state index contributed by atoms with van der Waals surface area (Å²) in [6.45, 7) is 7.06. The molecule has 3 nitrogen and oxygen atoms in total. The lowest BCUT2D eigenvalue weighted by atomic mass is 9.47. The van der Waals surface area contributed by atoms with Crippen LogP contribution in [0, 0.1) is 41.4 Å². The van der Waals surface area contributed by atoms with Crippen molar-refractivity contribution in [3.63, 3.8) is 0 Å². The molecule has 0 amide bonds. The maximum atomic E-state index is 10.2. The Hall–Kier alpha value is -1.87. The molecule has 0 bridgehead atoms. The predicted molar refractivity (Wildman–Crippen MR) is 131 cm³/mol. The summed E-state index contributed by atoms with van der Waals surface area (Å²) < 4.78 is 0. The zero-order valence-corrected chi connectivity index (χ0v) is 19.9. The number of oxime groups is 1. The van der Waals surface area contributed by atoms with E-state index < -0.39 is 0 Å². The smallest absolute Gasteiger partial charge is 0.0832 e. The minimum atomic E-state index is -0.140. The molecule has 0 aliphatic heterocycles. The van der Waals surface area contributed by atoms with Gasteiger partial charge in [-0.05, 0) is 98.5 Å². The van der Waals surface area contributed by atoms with Crippen LogP contribution in [-0.2, 0) is 0 Å². The average Bonchev–Trinajstić information content (AvgIpc) is 3.13. The Balaban J connectivity index is 1.38. The quantitative estimate of drug-likeness (QED) is 0.239. The van der Waals surface area contributed by atoms with Crippen LogP contribution in [0.3, 0.4) is 0 Å². The Morgan fingerprint density at radius 3 is 2.56 bits per heavy atom. The summed E-state index contributed by atoms with van der Waals surface area (Å²) in [5.74, 6) is 2.48. The maximum absolute atomic E-state index is 10.2. The van der Waals surface area contributed by atoms with E-state index in [9.17, 15) is 10.3 Å². The monoisotopic (exact) mass is 433 g/mol. The number of nitrogens with zero attached hydrogens (tertiary/aromatic N) is 1.